The highest BCUT2D eigenvalue weighted by Crippen LogP contribution is 2.29. The van der Waals surface area contributed by atoms with Crippen molar-refractivity contribution in [3.8, 4) is 11.1 Å². The van der Waals surface area contributed by atoms with E-state index in [0.29, 0.717) is 0 Å². The van der Waals surface area contributed by atoms with Gasteiger partial charge in [0.05, 0.1) is 18.2 Å². The summed E-state index contributed by atoms with van der Waals surface area (Å²) in [5.74, 6) is -0.0223. The molecule has 0 aliphatic rings. The highest BCUT2D eigenvalue weighted by atomic mass is 16.1. The maximum absolute atomic E-state index is 12.8. The minimum absolute atomic E-state index is 0.0223. The first-order chi connectivity index (χ1) is 14.5. The molecule has 1 amide bonds. The third-order valence-corrected chi connectivity index (χ3v) is 5.58. The average Bonchev–Trinajstić information content (AvgIpc) is 3.08. The predicted molar refractivity (Wildman–Crippen MR) is 119 cm³/mol. The van der Waals surface area contributed by atoms with Gasteiger partial charge in [-0.25, -0.2) is 9.50 Å². The van der Waals surface area contributed by atoms with E-state index in [1.807, 2.05) is 80.7 Å². The van der Waals surface area contributed by atoms with Gasteiger partial charge >= 0.3 is 0 Å². The minimum atomic E-state index is -0.0485. The van der Waals surface area contributed by atoms with Gasteiger partial charge in [-0.2, -0.15) is 5.10 Å². The molecule has 0 spiro atoms. The predicted octanol–water partition coefficient (Wildman–Crippen LogP) is 4.74. The van der Waals surface area contributed by atoms with E-state index in [1.54, 1.807) is 0 Å². The van der Waals surface area contributed by atoms with E-state index >= 15 is 0 Å². The molecule has 0 saturated heterocycles. The monoisotopic (exact) mass is 398 g/mol. The second kappa shape index (κ2) is 8.11. The lowest BCUT2D eigenvalue weighted by Gasteiger charge is -2.16. The normalized spacial score (nSPS) is 12.1. The fourth-order valence-electron chi connectivity index (χ4n) is 3.94. The topological polar surface area (TPSA) is 59.3 Å². The lowest BCUT2D eigenvalue weighted by atomic mass is 10.0. The van der Waals surface area contributed by atoms with Crippen LogP contribution in [0.4, 0.5) is 0 Å². The molecule has 0 unspecified atom stereocenters. The van der Waals surface area contributed by atoms with E-state index in [0.717, 1.165) is 45.0 Å². The Hall–Kier alpha value is -3.47. The molecular weight excluding hydrogens is 372 g/mol. The van der Waals surface area contributed by atoms with Crippen LogP contribution in [0.15, 0.2) is 60.7 Å². The Kier molecular flexibility index (Phi) is 5.36. The molecule has 0 aliphatic heterocycles. The maximum Gasteiger partial charge on any atom is 0.225 e. The number of aromatic nitrogens is 3. The zero-order chi connectivity index (χ0) is 21.3. The molecule has 2 aromatic carbocycles. The zero-order valence-electron chi connectivity index (χ0n) is 17.8. The van der Waals surface area contributed by atoms with E-state index in [2.05, 4.69) is 17.4 Å². The molecule has 30 heavy (non-hydrogen) atoms. The van der Waals surface area contributed by atoms with Crippen molar-refractivity contribution in [2.45, 2.75) is 40.2 Å². The number of fused-ring (bicyclic) bond motifs is 1. The number of hydrogen-bond donors (Lipinski definition) is 1. The summed E-state index contributed by atoms with van der Waals surface area (Å²) in [5, 5.41) is 7.82. The van der Waals surface area contributed by atoms with Gasteiger partial charge in [-0.15, -0.1) is 0 Å². The standard InChI is InChI=1S/C25H26N4O/c1-16(20-11-7-5-8-12-20)26-23(30)15-22-17(2)27-25-24(21-13-9-6-10-14-21)18(3)28-29(25)19(22)4/h5-14,16H,15H2,1-4H3,(H,26,30)/t16-/m0/s1. The van der Waals surface area contributed by atoms with Crippen molar-refractivity contribution >= 4 is 11.6 Å². The molecule has 0 radical (unpaired) electrons. The van der Waals surface area contributed by atoms with Crippen LogP contribution in [0.25, 0.3) is 16.8 Å². The fraction of sp³-hybridized carbons (Fsp3) is 0.240. The van der Waals surface area contributed by atoms with Crippen molar-refractivity contribution < 1.29 is 4.79 Å². The molecule has 1 N–H and O–H groups in total. The van der Waals surface area contributed by atoms with Crippen molar-refractivity contribution in [1.29, 1.82) is 0 Å². The van der Waals surface area contributed by atoms with Gasteiger partial charge in [0.2, 0.25) is 5.91 Å². The summed E-state index contributed by atoms with van der Waals surface area (Å²) in [7, 11) is 0. The Labute approximate surface area is 176 Å². The fourth-order valence-corrected chi connectivity index (χ4v) is 3.94. The molecule has 0 bridgehead atoms. The second-order valence-electron chi connectivity index (χ2n) is 7.70. The lowest BCUT2D eigenvalue weighted by molar-refractivity contribution is -0.121. The summed E-state index contributed by atoms with van der Waals surface area (Å²) in [5.41, 5.74) is 7.70. The van der Waals surface area contributed by atoms with Crippen LogP contribution in [0.5, 0.6) is 0 Å². The van der Waals surface area contributed by atoms with E-state index in [9.17, 15) is 4.79 Å². The van der Waals surface area contributed by atoms with E-state index < -0.39 is 0 Å². The molecule has 4 aromatic rings. The van der Waals surface area contributed by atoms with Gasteiger partial charge in [0.15, 0.2) is 5.65 Å². The van der Waals surface area contributed by atoms with Crippen molar-refractivity contribution in [1.82, 2.24) is 19.9 Å². The highest BCUT2D eigenvalue weighted by Gasteiger charge is 2.20. The van der Waals surface area contributed by atoms with Crippen molar-refractivity contribution in [2.75, 3.05) is 0 Å². The average molecular weight is 399 g/mol. The van der Waals surface area contributed by atoms with Gasteiger partial charge < -0.3 is 5.32 Å². The SMILES string of the molecule is Cc1nc2c(-c3ccccc3)c(C)nn2c(C)c1CC(=O)N[C@@H](C)c1ccccc1. The Morgan fingerprint density at radius 3 is 2.27 bits per heavy atom. The number of carbonyl (C=O) groups is 1. The summed E-state index contributed by atoms with van der Waals surface area (Å²) >= 11 is 0. The number of aryl methyl sites for hydroxylation is 3. The van der Waals surface area contributed by atoms with Crippen molar-refractivity contribution in [3.63, 3.8) is 0 Å². The molecule has 0 fully saturated rings. The first-order valence-electron chi connectivity index (χ1n) is 10.2. The Morgan fingerprint density at radius 2 is 1.60 bits per heavy atom. The van der Waals surface area contributed by atoms with E-state index in [1.165, 1.54) is 0 Å². The molecule has 1 atom stereocenters. The van der Waals surface area contributed by atoms with Crippen LogP contribution in [0.2, 0.25) is 0 Å². The maximum atomic E-state index is 12.8. The molecule has 2 heterocycles. The lowest BCUT2D eigenvalue weighted by Crippen LogP contribution is -2.29. The number of nitrogens with one attached hydrogen (secondary N) is 1. The van der Waals surface area contributed by atoms with Gasteiger partial charge in [-0.05, 0) is 38.8 Å². The smallest absolute Gasteiger partial charge is 0.225 e. The summed E-state index contributed by atoms with van der Waals surface area (Å²) in [6, 6.07) is 20.1. The molecular formula is C25H26N4O. The van der Waals surface area contributed by atoms with E-state index in [-0.39, 0.29) is 18.4 Å². The van der Waals surface area contributed by atoms with Crippen molar-refractivity contribution in [2.24, 2.45) is 0 Å². The number of benzene rings is 2. The number of rotatable bonds is 5. The molecule has 5 heteroatoms. The number of hydrogen-bond acceptors (Lipinski definition) is 3. The van der Waals surface area contributed by atoms with Crippen molar-refractivity contribution in [3.05, 3.63) is 88.9 Å². The first-order valence-corrected chi connectivity index (χ1v) is 10.2. The number of amides is 1. The van der Waals surface area contributed by atoms with Gasteiger partial charge in [0, 0.05) is 22.5 Å². The number of carbonyl (C=O) groups excluding carboxylic acids is 1. The van der Waals surface area contributed by atoms with Crippen LogP contribution in [-0.2, 0) is 11.2 Å². The van der Waals surface area contributed by atoms with Crippen LogP contribution in [0.1, 0.15) is 41.2 Å². The molecule has 4 rings (SSSR count). The van der Waals surface area contributed by atoms with Crippen LogP contribution < -0.4 is 5.32 Å². The van der Waals surface area contributed by atoms with E-state index in [4.69, 9.17) is 10.1 Å². The summed E-state index contributed by atoms with van der Waals surface area (Å²) in [4.78, 5) is 17.6. The molecule has 0 aliphatic carbocycles. The number of nitrogens with zero attached hydrogens (tertiary/aromatic N) is 3. The zero-order valence-corrected chi connectivity index (χ0v) is 17.8. The Morgan fingerprint density at radius 1 is 0.967 bits per heavy atom. The van der Waals surface area contributed by atoms with Gasteiger partial charge in [0.1, 0.15) is 0 Å². The van der Waals surface area contributed by atoms with Crippen LogP contribution in [0, 0.1) is 20.8 Å². The summed E-state index contributed by atoms with van der Waals surface area (Å²) in [6.07, 6.45) is 0.275. The quantitative estimate of drug-likeness (QED) is 0.528. The second-order valence-corrected chi connectivity index (χ2v) is 7.70. The third-order valence-electron chi connectivity index (χ3n) is 5.58. The van der Waals surface area contributed by atoms with Crippen LogP contribution >= 0.6 is 0 Å². The highest BCUT2D eigenvalue weighted by molar-refractivity contribution is 5.82. The molecule has 2 aromatic heterocycles. The molecule has 5 nitrogen and oxygen atoms in total. The van der Waals surface area contributed by atoms with Gasteiger partial charge in [-0.3, -0.25) is 4.79 Å². The van der Waals surface area contributed by atoms with Gasteiger partial charge in [-0.1, -0.05) is 60.7 Å². The van der Waals surface area contributed by atoms with Gasteiger partial charge in [0.25, 0.3) is 0 Å². The van der Waals surface area contributed by atoms with Crippen LogP contribution in [-0.4, -0.2) is 20.5 Å². The molecule has 0 saturated carbocycles. The third kappa shape index (κ3) is 3.71. The summed E-state index contributed by atoms with van der Waals surface area (Å²) in [6.45, 7) is 7.97. The Balaban J connectivity index is 1.65. The largest absolute Gasteiger partial charge is 0.349 e. The first kappa shape index (κ1) is 19.8. The molecule has 152 valence electrons. The van der Waals surface area contributed by atoms with Crippen LogP contribution in [0.3, 0.4) is 0 Å². The minimum Gasteiger partial charge on any atom is -0.349 e. The summed E-state index contributed by atoms with van der Waals surface area (Å²) < 4.78 is 1.87. The Bertz CT molecular complexity index is 1200.